The van der Waals surface area contributed by atoms with Crippen LogP contribution in [-0.2, 0) is 26.6 Å². The minimum atomic E-state index is -3.73. The zero-order chi connectivity index (χ0) is 21.2. The Bertz CT molecular complexity index is 1200. The van der Waals surface area contributed by atoms with Gasteiger partial charge >= 0.3 is 0 Å². The number of benzene rings is 2. The maximum absolute atomic E-state index is 12.8. The second-order valence-corrected chi connectivity index (χ2v) is 11.8. The van der Waals surface area contributed by atoms with Gasteiger partial charge in [-0.15, -0.1) is 11.3 Å². The number of nitrogens with one attached hydrogen (secondary N) is 1. The van der Waals surface area contributed by atoms with Crippen LogP contribution < -0.4 is 4.72 Å². The van der Waals surface area contributed by atoms with Crippen molar-refractivity contribution in [2.45, 2.75) is 30.2 Å². The van der Waals surface area contributed by atoms with Gasteiger partial charge in [-0.2, -0.15) is 4.31 Å². The zero-order valence-corrected chi connectivity index (χ0v) is 18.7. The number of nitrogens with zero attached hydrogens (tertiary/aromatic N) is 1. The lowest BCUT2D eigenvalue weighted by molar-refractivity contribution is 0.467. The van der Waals surface area contributed by atoms with Gasteiger partial charge in [0, 0.05) is 29.0 Å². The van der Waals surface area contributed by atoms with Crippen molar-refractivity contribution in [3.05, 3.63) is 76.0 Å². The van der Waals surface area contributed by atoms with E-state index < -0.39 is 20.0 Å². The average Bonchev–Trinajstić information content (AvgIpc) is 3.02. The zero-order valence-electron chi connectivity index (χ0n) is 16.3. The number of anilines is 1. The summed E-state index contributed by atoms with van der Waals surface area (Å²) in [6.45, 7) is 3.85. The SMILES string of the molecule is Cc1cc(S(=O)(=O)Nc2ccc(S(=O)(=O)N(C)Cc3ccccc3)cc2)c(C)s1. The van der Waals surface area contributed by atoms with Gasteiger partial charge in [0.25, 0.3) is 10.0 Å². The molecule has 0 amide bonds. The molecule has 1 heterocycles. The van der Waals surface area contributed by atoms with Gasteiger partial charge in [-0.05, 0) is 49.7 Å². The lowest BCUT2D eigenvalue weighted by Crippen LogP contribution is -2.26. The van der Waals surface area contributed by atoms with Crippen LogP contribution in [0.3, 0.4) is 0 Å². The molecule has 0 saturated heterocycles. The number of aryl methyl sites for hydroxylation is 2. The molecule has 9 heteroatoms. The molecule has 1 aromatic heterocycles. The van der Waals surface area contributed by atoms with Crippen LogP contribution in [0.4, 0.5) is 5.69 Å². The van der Waals surface area contributed by atoms with Crippen LogP contribution in [0.1, 0.15) is 15.3 Å². The van der Waals surface area contributed by atoms with E-state index in [0.29, 0.717) is 10.6 Å². The molecule has 2 aromatic carbocycles. The van der Waals surface area contributed by atoms with E-state index in [1.165, 1.54) is 47.0 Å². The van der Waals surface area contributed by atoms with Crippen molar-refractivity contribution in [3.63, 3.8) is 0 Å². The van der Waals surface area contributed by atoms with Crippen molar-refractivity contribution in [2.24, 2.45) is 0 Å². The van der Waals surface area contributed by atoms with Crippen molar-refractivity contribution in [1.82, 2.24) is 4.31 Å². The second kappa shape index (κ2) is 8.27. The summed E-state index contributed by atoms with van der Waals surface area (Å²) >= 11 is 1.41. The fourth-order valence-corrected chi connectivity index (χ4v) is 6.66. The third kappa shape index (κ3) is 4.87. The Hall–Kier alpha value is -2.20. The molecular formula is C20H22N2O4S3. The van der Waals surface area contributed by atoms with Crippen molar-refractivity contribution in [3.8, 4) is 0 Å². The van der Waals surface area contributed by atoms with E-state index in [1.54, 1.807) is 13.0 Å². The third-order valence-electron chi connectivity index (χ3n) is 4.35. The predicted molar refractivity (Wildman–Crippen MR) is 116 cm³/mol. The van der Waals surface area contributed by atoms with E-state index in [-0.39, 0.29) is 16.3 Å². The monoisotopic (exact) mass is 450 g/mol. The minimum absolute atomic E-state index is 0.0986. The summed E-state index contributed by atoms with van der Waals surface area (Å²) in [6, 6.07) is 16.6. The first-order valence-electron chi connectivity index (χ1n) is 8.80. The quantitative estimate of drug-likeness (QED) is 0.590. The van der Waals surface area contributed by atoms with Crippen molar-refractivity contribution < 1.29 is 16.8 Å². The highest BCUT2D eigenvalue weighted by Crippen LogP contribution is 2.27. The number of hydrogen-bond acceptors (Lipinski definition) is 5. The van der Waals surface area contributed by atoms with E-state index in [4.69, 9.17) is 0 Å². The standard InChI is InChI=1S/C20H22N2O4S3/c1-15-13-20(16(2)27-15)28(23,24)21-18-9-11-19(12-10-18)29(25,26)22(3)14-17-7-5-4-6-8-17/h4-13,21H,14H2,1-3H3. The molecule has 29 heavy (non-hydrogen) atoms. The summed E-state index contributed by atoms with van der Waals surface area (Å²) in [6.07, 6.45) is 0. The molecule has 154 valence electrons. The Labute approximate surface area is 175 Å². The van der Waals surface area contributed by atoms with E-state index in [0.717, 1.165) is 10.4 Å². The summed E-state index contributed by atoms with van der Waals surface area (Å²) in [7, 11) is -5.91. The Morgan fingerprint density at radius 1 is 0.931 bits per heavy atom. The van der Waals surface area contributed by atoms with Crippen LogP contribution in [-0.4, -0.2) is 28.2 Å². The first-order valence-corrected chi connectivity index (χ1v) is 12.5. The second-order valence-electron chi connectivity index (χ2n) is 6.65. The Kier molecular flexibility index (Phi) is 6.13. The molecule has 3 aromatic rings. The van der Waals surface area contributed by atoms with Gasteiger partial charge in [-0.25, -0.2) is 16.8 Å². The van der Waals surface area contributed by atoms with Crippen LogP contribution in [0.2, 0.25) is 0 Å². The Morgan fingerprint density at radius 3 is 2.10 bits per heavy atom. The van der Waals surface area contributed by atoms with Gasteiger partial charge in [0.05, 0.1) is 4.90 Å². The largest absolute Gasteiger partial charge is 0.280 e. The molecular weight excluding hydrogens is 428 g/mol. The maximum atomic E-state index is 12.8. The summed E-state index contributed by atoms with van der Waals surface area (Å²) in [4.78, 5) is 1.95. The normalized spacial score (nSPS) is 12.3. The molecule has 0 spiro atoms. The molecule has 0 atom stereocenters. The molecule has 0 aliphatic carbocycles. The van der Waals surface area contributed by atoms with Gasteiger partial charge in [-0.3, -0.25) is 4.72 Å². The molecule has 3 rings (SSSR count). The Morgan fingerprint density at radius 2 is 1.55 bits per heavy atom. The molecule has 1 N–H and O–H groups in total. The molecule has 0 radical (unpaired) electrons. The molecule has 6 nitrogen and oxygen atoms in total. The smallest absolute Gasteiger partial charge is 0.262 e. The van der Waals surface area contributed by atoms with Crippen molar-refractivity contribution in [2.75, 3.05) is 11.8 Å². The first kappa shape index (κ1) is 21.5. The number of hydrogen-bond donors (Lipinski definition) is 1. The fraction of sp³-hybridized carbons (Fsp3) is 0.200. The summed E-state index contributed by atoms with van der Waals surface area (Å²) < 4.78 is 54.5. The van der Waals surface area contributed by atoms with E-state index in [1.807, 2.05) is 37.3 Å². The predicted octanol–water partition coefficient (Wildman–Crippen LogP) is 3.99. The van der Waals surface area contributed by atoms with Gasteiger partial charge in [-0.1, -0.05) is 30.3 Å². The average molecular weight is 451 g/mol. The minimum Gasteiger partial charge on any atom is -0.280 e. The topological polar surface area (TPSA) is 83.5 Å². The lowest BCUT2D eigenvalue weighted by Gasteiger charge is -2.17. The van der Waals surface area contributed by atoms with E-state index in [2.05, 4.69) is 4.72 Å². The fourth-order valence-electron chi connectivity index (χ4n) is 2.88. The Balaban J connectivity index is 1.78. The van der Waals surface area contributed by atoms with Gasteiger partial charge in [0.2, 0.25) is 10.0 Å². The summed E-state index contributed by atoms with van der Waals surface area (Å²) in [5.74, 6) is 0. The van der Waals surface area contributed by atoms with Crippen LogP contribution in [0.25, 0.3) is 0 Å². The molecule has 0 fully saturated rings. The maximum Gasteiger partial charge on any atom is 0.262 e. The highest BCUT2D eigenvalue weighted by atomic mass is 32.2. The van der Waals surface area contributed by atoms with Crippen LogP contribution >= 0.6 is 11.3 Å². The number of thiophene rings is 1. The molecule has 0 bridgehead atoms. The lowest BCUT2D eigenvalue weighted by atomic mass is 10.2. The van der Waals surface area contributed by atoms with Crippen LogP contribution in [0.15, 0.2) is 70.5 Å². The third-order valence-corrected chi connectivity index (χ3v) is 8.77. The van der Waals surface area contributed by atoms with E-state index in [9.17, 15) is 16.8 Å². The van der Waals surface area contributed by atoms with Gasteiger partial charge < -0.3 is 0 Å². The highest BCUT2D eigenvalue weighted by Gasteiger charge is 2.22. The van der Waals surface area contributed by atoms with Crippen molar-refractivity contribution >= 4 is 37.1 Å². The van der Waals surface area contributed by atoms with Gasteiger partial charge in [0.1, 0.15) is 4.90 Å². The summed E-state index contributed by atoms with van der Waals surface area (Å²) in [5.41, 5.74) is 1.18. The summed E-state index contributed by atoms with van der Waals surface area (Å²) in [5, 5.41) is 0. The number of sulfonamides is 2. The molecule has 0 aliphatic rings. The molecule has 0 saturated carbocycles. The molecule has 0 aliphatic heterocycles. The van der Waals surface area contributed by atoms with E-state index >= 15 is 0 Å². The van der Waals surface area contributed by atoms with Gasteiger partial charge in [0.15, 0.2) is 0 Å². The molecule has 0 unspecified atom stereocenters. The number of rotatable bonds is 7. The van der Waals surface area contributed by atoms with Crippen LogP contribution in [0.5, 0.6) is 0 Å². The highest BCUT2D eigenvalue weighted by molar-refractivity contribution is 7.93. The first-order chi connectivity index (χ1) is 13.6. The van der Waals surface area contributed by atoms with Crippen molar-refractivity contribution in [1.29, 1.82) is 0 Å². The van der Waals surface area contributed by atoms with Crippen LogP contribution in [0, 0.1) is 13.8 Å².